The van der Waals surface area contributed by atoms with Gasteiger partial charge in [0.05, 0.1) is 6.10 Å². The van der Waals surface area contributed by atoms with Gasteiger partial charge in [-0.15, -0.1) is 0 Å². The zero-order valence-corrected chi connectivity index (χ0v) is 8.38. The minimum atomic E-state index is -1.37. The maximum absolute atomic E-state index is 13.1. The third-order valence-corrected chi connectivity index (χ3v) is 2.28. The molecule has 1 aromatic heterocycles. The number of aromatic nitrogens is 1. The molecule has 0 N–H and O–H groups in total. The lowest BCUT2D eigenvalue weighted by Gasteiger charge is -2.11. The third-order valence-electron chi connectivity index (χ3n) is 2.28. The maximum Gasteiger partial charge on any atom is 0.253 e. The maximum atomic E-state index is 13.1. The molecular weight excluding hydrogens is 223 g/mol. The second-order valence-electron chi connectivity index (χ2n) is 3.49. The average Bonchev–Trinajstić information content (AvgIpc) is 2.74. The Kier molecular flexibility index (Phi) is 3.28. The summed E-state index contributed by atoms with van der Waals surface area (Å²) in [5, 5.41) is 0. The van der Waals surface area contributed by atoms with Gasteiger partial charge in [0.1, 0.15) is 6.61 Å². The van der Waals surface area contributed by atoms with Gasteiger partial charge < -0.3 is 9.47 Å². The van der Waals surface area contributed by atoms with Gasteiger partial charge in [0.2, 0.25) is 0 Å². The van der Waals surface area contributed by atoms with Crippen LogP contribution in [0.3, 0.4) is 0 Å². The number of hydrogen-bond donors (Lipinski definition) is 0. The number of nitrogens with zero attached hydrogens (tertiary/aromatic N) is 1. The number of pyridine rings is 1. The monoisotopic (exact) mass is 233 g/mol. The van der Waals surface area contributed by atoms with E-state index in [1.807, 2.05) is 0 Å². The fourth-order valence-corrected chi connectivity index (χ4v) is 1.48. The predicted octanol–water partition coefficient (Wildman–Crippen LogP) is 2.06. The van der Waals surface area contributed by atoms with Gasteiger partial charge in [-0.25, -0.2) is 8.78 Å². The summed E-state index contributed by atoms with van der Waals surface area (Å²) in [7, 11) is 0. The van der Waals surface area contributed by atoms with E-state index in [2.05, 4.69) is 4.98 Å². The molecule has 88 valence electrons. The van der Waals surface area contributed by atoms with Gasteiger partial charge in [0.25, 0.3) is 11.8 Å². The predicted molar refractivity (Wildman–Crippen MR) is 48.6 cm³/mol. The van der Waals surface area contributed by atoms with Crippen LogP contribution in [-0.2, 0) is 4.74 Å². The van der Waals surface area contributed by atoms with Crippen molar-refractivity contribution in [1.82, 2.24) is 4.98 Å². The van der Waals surface area contributed by atoms with Crippen molar-refractivity contribution in [3.63, 3.8) is 0 Å². The highest BCUT2D eigenvalue weighted by atomic mass is 19.2. The average molecular weight is 233 g/mol. The van der Waals surface area contributed by atoms with E-state index in [1.165, 1.54) is 0 Å². The third kappa shape index (κ3) is 2.44. The molecule has 0 aromatic carbocycles. The Balaban J connectivity index is 2.00. The quantitative estimate of drug-likeness (QED) is 0.749. The summed E-state index contributed by atoms with van der Waals surface area (Å²) < 4.78 is 48.5. The molecule has 0 spiro atoms. The van der Waals surface area contributed by atoms with Crippen molar-refractivity contribution in [2.24, 2.45) is 0 Å². The molecule has 0 amide bonds. The van der Waals surface area contributed by atoms with Gasteiger partial charge in [-0.3, -0.25) is 0 Å². The van der Waals surface area contributed by atoms with Crippen molar-refractivity contribution < 1.29 is 22.6 Å². The summed E-state index contributed by atoms with van der Waals surface area (Å²) in [6, 6.07) is 0.410. The first-order valence-electron chi connectivity index (χ1n) is 4.93. The summed E-state index contributed by atoms with van der Waals surface area (Å²) in [5.74, 6) is -4.25. The SMILES string of the molecule is Fc1cc(F)c(OCC2CCCO2)nc1F. The molecule has 0 saturated carbocycles. The van der Waals surface area contributed by atoms with Gasteiger partial charge in [0, 0.05) is 12.7 Å². The van der Waals surface area contributed by atoms with Crippen molar-refractivity contribution in [1.29, 1.82) is 0 Å². The molecule has 1 aliphatic heterocycles. The summed E-state index contributed by atoms with van der Waals surface area (Å²) >= 11 is 0. The van der Waals surface area contributed by atoms with Crippen LogP contribution in [0.15, 0.2) is 6.07 Å². The van der Waals surface area contributed by atoms with Crippen LogP contribution in [0.2, 0.25) is 0 Å². The molecule has 3 nitrogen and oxygen atoms in total. The molecule has 1 unspecified atom stereocenters. The lowest BCUT2D eigenvalue weighted by atomic mass is 10.2. The van der Waals surface area contributed by atoms with E-state index < -0.39 is 23.5 Å². The molecule has 16 heavy (non-hydrogen) atoms. The Morgan fingerprint density at radius 1 is 1.38 bits per heavy atom. The largest absolute Gasteiger partial charge is 0.473 e. The highest BCUT2D eigenvalue weighted by Gasteiger charge is 2.18. The van der Waals surface area contributed by atoms with E-state index in [0.29, 0.717) is 12.7 Å². The second-order valence-corrected chi connectivity index (χ2v) is 3.49. The van der Waals surface area contributed by atoms with Crippen LogP contribution in [0.4, 0.5) is 13.2 Å². The van der Waals surface area contributed by atoms with Gasteiger partial charge >= 0.3 is 0 Å². The van der Waals surface area contributed by atoms with Crippen LogP contribution in [-0.4, -0.2) is 24.3 Å². The van der Waals surface area contributed by atoms with Gasteiger partial charge in [0.15, 0.2) is 11.6 Å². The Morgan fingerprint density at radius 2 is 2.19 bits per heavy atom. The Hall–Kier alpha value is -1.30. The Bertz CT molecular complexity index is 381. The van der Waals surface area contributed by atoms with Gasteiger partial charge in [-0.05, 0) is 12.8 Å². The van der Waals surface area contributed by atoms with Crippen LogP contribution in [0.25, 0.3) is 0 Å². The van der Waals surface area contributed by atoms with Crippen LogP contribution < -0.4 is 4.74 Å². The zero-order chi connectivity index (χ0) is 11.5. The molecule has 2 heterocycles. The van der Waals surface area contributed by atoms with Crippen molar-refractivity contribution >= 4 is 0 Å². The van der Waals surface area contributed by atoms with E-state index in [1.54, 1.807) is 0 Å². The molecule has 1 aliphatic rings. The minimum Gasteiger partial charge on any atom is -0.473 e. The molecule has 6 heteroatoms. The highest BCUT2D eigenvalue weighted by Crippen LogP contribution is 2.18. The Morgan fingerprint density at radius 3 is 2.88 bits per heavy atom. The molecule has 0 bridgehead atoms. The van der Waals surface area contributed by atoms with E-state index in [-0.39, 0.29) is 12.7 Å². The first-order chi connectivity index (χ1) is 7.66. The van der Waals surface area contributed by atoms with Crippen molar-refractivity contribution in [2.75, 3.05) is 13.2 Å². The normalized spacial score (nSPS) is 20.1. The van der Waals surface area contributed by atoms with E-state index >= 15 is 0 Å². The minimum absolute atomic E-state index is 0.0923. The van der Waals surface area contributed by atoms with Crippen LogP contribution >= 0.6 is 0 Å². The molecule has 0 radical (unpaired) electrons. The standard InChI is InChI=1S/C10H10F3NO2/c11-7-4-8(12)10(14-9(7)13)16-5-6-2-1-3-15-6/h4,6H,1-3,5H2. The number of rotatable bonds is 3. The summed E-state index contributed by atoms with van der Waals surface area (Å²) in [6.07, 6.45) is 1.60. The molecule has 0 aliphatic carbocycles. The van der Waals surface area contributed by atoms with E-state index in [0.717, 1.165) is 12.8 Å². The zero-order valence-electron chi connectivity index (χ0n) is 8.38. The van der Waals surface area contributed by atoms with Crippen molar-refractivity contribution in [2.45, 2.75) is 18.9 Å². The highest BCUT2D eigenvalue weighted by molar-refractivity contribution is 5.15. The summed E-state index contributed by atoms with van der Waals surface area (Å²) in [4.78, 5) is 3.04. The van der Waals surface area contributed by atoms with Crippen LogP contribution in [0.5, 0.6) is 5.88 Å². The van der Waals surface area contributed by atoms with Crippen LogP contribution in [0.1, 0.15) is 12.8 Å². The number of hydrogen-bond acceptors (Lipinski definition) is 3. The van der Waals surface area contributed by atoms with Crippen molar-refractivity contribution in [3.8, 4) is 5.88 Å². The molecule has 1 saturated heterocycles. The molecular formula is C10H10F3NO2. The van der Waals surface area contributed by atoms with Crippen molar-refractivity contribution in [3.05, 3.63) is 23.6 Å². The lowest BCUT2D eigenvalue weighted by Crippen LogP contribution is -2.17. The van der Waals surface area contributed by atoms with Gasteiger partial charge in [-0.1, -0.05) is 0 Å². The Labute approximate surface area is 90.2 Å². The van der Waals surface area contributed by atoms with Crippen LogP contribution in [0, 0.1) is 17.6 Å². The first-order valence-corrected chi connectivity index (χ1v) is 4.93. The fraction of sp³-hybridized carbons (Fsp3) is 0.500. The first kappa shape index (κ1) is 11.2. The van der Waals surface area contributed by atoms with Gasteiger partial charge in [-0.2, -0.15) is 9.37 Å². The molecule has 1 atom stereocenters. The number of ether oxygens (including phenoxy) is 2. The summed E-state index contributed by atoms with van der Waals surface area (Å²) in [6.45, 7) is 0.733. The second kappa shape index (κ2) is 4.69. The lowest BCUT2D eigenvalue weighted by molar-refractivity contribution is 0.0642. The molecule has 1 fully saturated rings. The smallest absolute Gasteiger partial charge is 0.253 e. The van der Waals surface area contributed by atoms with E-state index in [4.69, 9.17) is 9.47 Å². The summed E-state index contributed by atoms with van der Waals surface area (Å²) in [5.41, 5.74) is 0. The molecule has 1 aromatic rings. The fourth-order valence-electron chi connectivity index (χ4n) is 1.48. The molecule has 2 rings (SSSR count). The topological polar surface area (TPSA) is 31.4 Å². The number of halogens is 3. The van der Waals surface area contributed by atoms with E-state index in [9.17, 15) is 13.2 Å².